The van der Waals surface area contributed by atoms with E-state index in [0.29, 0.717) is 30.6 Å². The van der Waals surface area contributed by atoms with Crippen molar-refractivity contribution in [1.29, 1.82) is 0 Å². The number of nitrogens with one attached hydrogen (secondary N) is 1. The summed E-state index contributed by atoms with van der Waals surface area (Å²) >= 11 is 0. The summed E-state index contributed by atoms with van der Waals surface area (Å²) in [5.74, 6) is -0.0728. The lowest BCUT2D eigenvalue weighted by Gasteiger charge is -2.46. The van der Waals surface area contributed by atoms with Crippen molar-refractivity contribution in [2.45, 2.75) is 64.4 Å². The van der Waals surface area contributed by atoms with Gasteiger partial charge in [0.25, 0.3) is 0 Å². The van der Waals surface area contributed by atoms with Crippen LogP contribution in [0.2, 0.25) is 0 Å². The standard InChI is InChI=1S/C29H37NO7/c1-3-33-27(31)24-11-7-8-12-26(24)34-18-25(30-28(32)35-17-22-9-5-4-6-10-22)21(2)36-19-29-15-13-23(14-16-29)37-20-29/h4-12,21,23,25H,3,13-20H2,1-2H3,(H,30,32)/t21-,23?,25-,29?/m1/s1. The van der Waals surface area contributed by atoms with Gasteiger partial charge >= 0.3 is 12.1 Å². The second-order valence-electron chi connectivity index (χ2n) is 9.87. The molecule has 0 spiro atoms. The highest BCUT2D eigenvalue weighted by molar-refractivity contribution is 5.92. The average molecular weight is 512 g/mol. The molecular formula is C29H37NO7. The fraction of sp³-hybridized carbons (Fsp3) is 0.517. The Morgan fingerprint density at radius 2 is 1.78 bits per heavy atom. The van der Waals surface area contributed by atoms with Gasteiger partial charge in [-0.1, -0.05) is 42.5 Å². The van der Waals surface area contributed by atoms with E-state index in [0.717, 1.165) is 31.2 Å². The number of carbonyl (C=O) groups is 2. The van der Waals surface area contributed by atoms with Crippen LogP contribution in [0.1, 0.15) is 55.5 Å². The van der Waals surface area contributed by atoms with Gasteiger partial charge in [-0.15, -0.1) is 0 Å². The van der Waals surface area contributed by atoms with Crippen LogP contribution in [0.5, 0.6) is 5.75 Å². The van der Waals surface area contributed by atoms with E-state index in [9.17, 15) is 9.59 Å². The molecule has 8 nitrogen and oxygen atoms in total. The number of alkyl carbamates (subject to hydrolysis) is 1. The molecule has 1 amide bonds. The van der Waals surface area contributed by atoms with Crippen LogP contribution in [0.15, 0.2) is 54.6 Å². The van der Waals surface area contributed by atoms with Crippen LogP contribution in [0.3, 0.4) is 0 Å². The lowest BCUT2D eigenvalue weighted by atomic mass is 9.72. The highest BCUT2D eigenvalue weighted by atomic mass is 16.6. The number of carbonyl (C=O) groups excluding carboxylic acids is 2. The molecule has 37 heavy (non-hydrogen) atoms. The Morgan fingerprint density at radius 1 is 1.05 bits per heavy atom. The fourth-order valence-corrected chi connectivity index (χ4v) is 4.78. The third-order valence-electron chi connectivity index (χ3n) is 7.15. The van der Waals surface area contributed by atoms with E-state index in [1.807, 2.05) is 37.3 Å². The third kappa shape index (κ3) is 7.46. The van der Waals surface area contributed by atoms with E-state index in [1.54, 1.807) is 31.2 Å². The molecule has 1 aliphatic carbocycles. The Kier molecular flexibility index (Phi) is 9.41. The molecule has 3 fully saturated rings. The zero-order valence-corrected chi connectivity index (χ0v) is 21.6. The summed E-state index contributed by atoms with van der Waals surface area (Å²) < 4.78 is 28.9. The molecule has 8 heteroatoms. The van der Waals surface area contributed by atoms with Crippen LogP contribution >= 0.6 is 0 Å². The number of ether oxygens (including phenoxy) is 5. The highest BCUT2D eigenvalue weighted by Crippen LogP contribution is 2.43. The molecule has 3 aliphatic rings. The number of hydrogen-bond donors (Lipinski definition) is 1. The predicted molar refractivity (Wildman–Crippen MR) is 137 cm³/mol. The maximum atomic E-state index is 12.7. The second-order valence-corrected chi connectivity index (χ2v) is 9.87. The first kappa shape index (κ1) is 26.9. The monoisotopic (exact) mass is 511 g/mol. The third-order valence-corrected chi connectivity index (χ3v) is 7.15. The zero-order chi connectivity index (χ0) is 26.1. The van der Waals surface area contributed by atoms with E-state index in [1.165, 1.54) is 0 Å². The van der Waals surface area contributed by atoms with E-state index in [2.05, 4.69) is 5.32 Å². The van der Waals surface area contributed by atoms with Crippen LogP contribution < -0.4 is 10.1 Å². The molecular weight excluding hydrogens is 474 g/mol. The average Bonchev–Trinajstić information content (AvgIpc) is 2.94. The van der Waals surface area contributed by atoms with Crippen molar-refractivity contribution in [3.8, 4) is 5.75 Å². The molecule has 200 valence electrons. The minimum absolute atomic E-state index is 0.0265. The zero-order valence-electron chi connectivity index (χ0n) is 21.6. The number of amides is 1. The predicted octanol–water partition coefficient (Wildman–Crippen LogP) is 4.90. The number of fused-ring (bicyclic) bond motifs is 3. The SMILES string of the molecule is CCOC(=O)c1ccccc1OC[C@@H](NC(=O)OCc1ccccc1)[C@@H](C)OCC12CCC(CC1)OC2. The first-order chi connectivity index (χ1) is 18.0. The van der Waals surface area contributed by atoms with Crippen LogP contribution in [0, 0.1) is 5.41 Å². The number of para-hydroxylation sites is 1. The minimum atomic E-state index is -0.564. The van der Waals surface area contributed by atoms with Crippen molar-refractivity contribution in [2.24, 2.45) is 5.41 Å². The van der Waals surface area contributed by atoms with Gasteiger partial charge in [0.2, 0.25) is 0 Å². The molecule has 2 aromatic carbocycles. The molecule has 2 bridgehead atoms. The Bertz CT molecular complexity index is 1010. The molecule has 1 saturated carbocycles. The van der Waals surface area contributed by atoms with Crippen molar-refractivity contribution in [2.75, 3.05) is 26.4 Å². The Balaban J connectivity index is 1.40. The van der Waals surface area contributed by atoms with E-state index in [4.69, 9.17) is 23.7 Å². The summed E-state index contributed by atoms with van der Waals surface area (Å²) in [5.41, 5.74) is 1.25. The number of hydrogen-bond acceptors (Lipinski definition) is 7. The largest absolute Gasteiger partial charge is 0.490 e. The lowest BCUT2D eigenvalue weighted by molar-refractivity contribution is -0.151. The van der Waals surface area contributed by atoms with Gasteiger partial charge in [0.1, 0.15) is 24.5 Å². The van der Waals surface area contributed by atoms with Gasteiger partial charge in [0, 0.05) is 5.41 Å². The fourth-order valence-electron chi connectivity index (χ4n) is 4.78. The van der Waals surface area contributed by atoms with Gasteiger partial charge in [-0.05, 0) is 57.2 Å². The summed E-state index contributed by atoms with van der Waals surface area (Å²) in [6.45, 7) is 5.44. The van der Waals surface area contributed by atoms with Crippen LogP contribution in [-0.4, -0.2) is 56.7 Å². The van der Waals surface area contributed by atoms with Crippen LogP contribution in [0.4, 0.5) is 4.79 Å². The maximum Gasteiger partial charge on any atom is 0.407 e. The van der Waals surface area contributed by atoms with Crippen LogP contribution in [-0.2, 0) is 25.6 Å². The lowest BCUT2D eigenvalue weighted by Crippen LogP contribution is -2.50. The van der Waals surface area contributed by atoms with Gasteiger partial charge in [0.05, 0.1) is 38.1 Å². The smallest absolute Gasteiger partial charge is 0.407 e. The summed E-state index contributed by atoms with van der Waals surface area (Å²) in [6.07, 6.45) is 3.77. The first-order valence-corrected chi connectivity index (χ1v) is 13.1. The summed E-state index contributed by atoms with van der Waals surface area (Å²) in [7, 11) is 0. The molecule has 0 aromatic heterocycles. The summed E-state index contributed by atoms with van der Waals surface area (Å²) in [6, 6.07) is 15.9. The summed E-state index contributed by atoms with van der Waals surface area (Å²) in [5, 5.41) is 2.90. The van der Waals surface area contributed by atoms with Gasteiger partial charge in [-0.3, -0.25) is 0 Å². The molecule has 2 aromatic rings. The van der Waals surface area contributed by atoms with Gasteiger partial charge < -0.3 is 29.0 Å². The molecule has 5 rings (SSSR count). The molecule has 0 unspecified atom stereocenters. The Labute approximate surface area is 218 Å². The minimum Gasteiger partial charge on any atom is -0.490 e. The molecule has 1 N–H and O–H groups in total. The highest BCUT2D eigenvalue weighted by Gasteiger charge is 2.42. The molecule has 2 aliphatic heterocycles. The molecule has 2 atom stereocenters. The van der Waals surface area contributed by atoms with Crippen LogP contribution in [0.25, 0.3) is 0 Å². The van der Waals surface area contributed by atoms with Gasteiger partial charge in [-0.25, -0.2) is 9.59 Å². The number of benzene rings is 2. The topological polar surface area (TPSA) is 92.3 Å². The van der Waals surface area contributed by atoms with E-state index < -0.39 is 18.1 Å². The number of esters is 1. The van der Waals surface area contributed by atoms with Crippen molar-refractivity contribution >= 4 is 12.1 Å². The normalized spacial score (nSPS) is 22.1. The van der Waals surface area contributed by atoms with Crippen molar-refractivity contribution < 1.29 is 33.3 Å². The van der Waals surface area contributed by atoms with Crippen molar-refractivity contribution in [3.63, 3.8) is 0 Å². The van der Waals surface area contributed by atoms with E-state index >= 15 is 0 Å². The quantitative estimate of drug-likeness (QED) is 0.405. The number of rotatable bonds is 12. The van der Waals surface area contributed by atoms with Gasteiger partial charge in [0.15, 0.2) is 0 Å². The second kappa shape index (κ2) is 12.9. The van der Waals surface area contributed by atoms with Crippen molar-refractivity contribution in [3.05, 3.63) is 65.7 Å². The first-order valence-electron chi connectivity index (χ1n) is 13.1. The Morgan fingerprint density at radius 3 is 2.49 bits per heavy atom. The molecule has 0 radical (unpaired) electrons. The maximum absolute atomic E-state index is 12.7. The van der Waals surface area contributed by atoms with Gasteiger partial charge in [-0.2, -0.15) is 0 Å². The Hall–Kier alpha value is -3.10. The van der Waals surface area contributed by atoms with E-state index in [-0.39, 0.29) is 31.3 Å². The van der Waals surface area contributed by atoms with Crippen molar-refractivity contribution in [1.82, 2.24) is 5.32 Å². The molecule has 2 heterocycles. The summed E-state index contributed by atoms with van der Waals surface area (Å²) in [4.78, 5) is 25.1. The molecule has 2 saturated heterocycles.